The Morgan fingerprint density at radius 2 is 2.08 bits per heavy atom. The van der Waals surface area contributed by atoms with Crippen LogP contribution in [0.3, 0.4) is 0 Å². The summed E-state index contributed by atoms with van der Waals surface area (Å²) in [5, 5.41) is 13.9. The number of benzene rings is 1. The molecule has 10 nitrogen and oxygen atoms in total. The SMILES string of the molecule is C=CC(=O)N1CCC(c2ccn3ncnc(Nc4ccc(Oc5nc(-c6ccnn6C)cs5)cc4F)c23)CC1. The Labute approximate surface area is 227 Å². The lowest BCUT2D eigenvalue weighted by Crippen LogP contribution is -2.36. The van der Waals surface area contributed by atoms with Crippen LogP contribution in [0.4, 0.5) is 15.9 Å². The van der Waals surface area contributed by atoms with Crippen LogP contribution in [0, 0.1) is 5.82 Å². The first-order chi connectivity index (χ1) is 19.0. The highest BCUT2D eigenvalue weighted by Crippen LogP contribution is 2.36. The van der Waals surface area contributed by atoms with Gasteiger partial charge in [0.1, 0.15) is 29.1 Å². The zero-order valence-corrected chi connectivity index (χ0v) is 21.9. The lowest BCUT2D eigenvalue weighted by Gasteiger charge is -2.31. The van der Waals surface area contributed by atoms with Gasteiger partial charge >= 0.3 is 0 Å². The maximum Gasteiger partial charge on any atom is 0.279 e. The molecule has 1 fully saturated rings. The molecule has 0 aliphatic carbocycles. The molecule has 1 saturated heterocycles. The Balaban J connectivity index is 1.20. The Kier molecular flexibility index (Phi) is 6.53. The van der Waals surface area contributed by atoms with Crippen molar-refractivity contribution < 1.29 is 13.9 Å². The number of halogens is 1. The van der Waals surface area contributed by atoms with Gasteiger partial charge in [-0.25, -0.2) is 18.9 Å². The van der Waals surface area contributed by atoms with Gasteiger partial charge in [-0.15, -0.1) is 0 Å². The number of ether oxygens (including phenoxy) is 1. The Morgan fingerprint density at radius 3 is 2.82 bits per heavy atom. The van der Waals surface area contributed by atoms with Gasteiger partial charge in [0.2, 0.25) is 5.91 Å². The molecule has 1 aromatic carbocycles. The molecule has 12 heteroatoms. The van der Waals surface area contributed by atoms with Crippen LogP contribution in [0.15, 0.2) is 67.1 Å². The van der Waals surface area contributed by atoms with Crippen molar-refractivity contribution in [3.63, 3.8) is 0 Å². The number of nitrogens with one attached hydrogen (secondary N) is 1. The van der Waals surface area contributed by atoms with Gasteiger partial charge in [-0.05, 0) is 54.7 Å². The first-order valence-electron chi connectivity index (χ1n) is 12.4. The fraction of sp³-hybridized carbons (Fsp3) is 0.222. The van der Waals surface area contributed by atoms with Gasteiger partial charge in [-0.3, -0.25) is 9.48 Å². The number of fused-ring (bicyclic) bond motifs is 1. The average molecular weight is 545 g/mol. The predicted octanol–water partition coefficient (Wildman–Crippen LogP) is 5.15. The zero-order chi connectivity index (χ0) is 26.9. The van der Waals surface area contributed by atoms with Crippen molar-refractivity contribution in [1.82, 2.24) is 34.3 Å². The second-order valence-electron chi connectivity index (χ2n) is 9.18. The predicted molar refractivity (Wildman–Crippen MR) is 146 cm³/mol. The van der Waals surface area contributed by atoms with Crippen molar-refractivity contribution >= 4 is 34.3 Å². The van der Waals surface area contributed by atoms with E-state index in [2.05, 4.69) is 32.1 Å². The number of thiazole rings is 1. The molecular formula is C27H25FN8O2S. The number of aromatic nitrogens is 6. The van der Waals surface area contributed by atoms with Gasteiger partial charge in [0.25, 0.3) is 5.19 Å². The molecular weight excluding hydrogens is 519 g/mol. The molecule has 0 atom stereocenters. The molecule has 0 unspecified atom stereocenters. The molecule has 39 heavy (non-hydrogen) atoms. The number of hydrogen-bond donors (Lipinski definition) is 1. The van der Waals surface area contributed by atoms with Gasteiger partial charge in [-0.1, -0.05) is 17.9 Å². The summed E-state index contributed by atoms with van der Waals surface area (Å²) >= 11 is 1.33. The van der Waals surface area contributed by atoms with Crippen LogP contribution in [-0.2, 0) is 11.8 Å². The van der Waals surface area contributed by atoms with Crippen LogP contribution >= 0.6 is 11.3 Å². The van der Waals surface area contributed by atoms with E-state index < -0.39 is 5.82 Å². The van der Waals surface area contributed by atoms with Crippen LogP contribution in [-0.4, -0.2) is 53.3 Å². The number of carbonyl (C=O) groups excluding carboxylic acids is 1. The summed E-state index contributed by atoms with van der Waals surface area (Å²) in [6, 6.07) is 8.50. The van der Waals surface area contributed by atoms with Crippen molar-refractivity contribution in [3.05, 3.63) is 78.5 Å². The van der Waals surface area contributed by atoms with E-state index in [1.54, 1.807) is 27.5 Å². The highest BCUT2D eigenvalue weighted by Gasteiger charge is 2.26. The monoisotopic (exact) mass is 544 g/mol. The smallest absolute Gasteiger partial charge is 0.279 e. The minimum atomic E-state index is -0.489. The lowest BCUT2D eigenvalue weighted by molar-refractivity contribution is -0.127. The molecule has 0 saturated carbocycles. The van der Waals surface area contributed by atoms with Crippen molar-refractivity contribution in [2.24, 2.45) is 7.05 Å². The van der Waals surface area contributed by atoms with Crippen LogP contribution in [0.25, 0.3) is 16.9 Å². The molecule has 4 aromatic heterocycles. The van der Waals surface area contributed by atoms with E-state index in [1.165, 1.54) is 29.8 Å². The number of rotatable bonds is 7. The summed E-state index contributed by atoms with van der Waals surface area (Å²) < 4.78 is 24.5. The molecule has 0 spiro atoms. The second kappa shape index (κ2) is 10.3. The van der Waals surface area contributed by atoms with E-state index >= 15 is 4.39 Å². The maximum atomic E-state index is 15.2. The van der Waals surface area contributed by atoms with Gasteiger partial charge < -0.3 is 15.0 Å². The third-order valence-electron chi connectivity index (χ3n) is 6.87. The number of hydrogen-bond acceptors (Lipinski definition) is 8. The van der Waals surface area contributed by atoms with Crippen molar-refractivity contribution in [1.29, 1.82) is 0 Å². The first kappa shape index (κ1) is 24.7. The van der Waals surface area contributed by atoms with Gasteiger partial charge in [0.15, 0.2) is 5.82 Å². The quantitative estimate of drug-likeness (QED) is 0.283. The van der Waals surface area contributed by atoms with Crippen molar-refractivity contribution in [3.8, 4) is 22.3 Å². The summed E-state index contributed by atoms with van der Waals surface area (Å²) in [6.07, 6.45) is 7.99. The van der Waals surface area contributed by atoms with Gasteiger partial charge in [-0.2, -0.15) is 10.2 Å². The second-order valence-corrected chi connectivity index (χ2v) is 10.0. The van der Waals surface area contributed by atoms with E-state index in [0.29, 0.717) is 29.9 Å². The summed E-state index contributed by atoms with van der Waals surface area (Å²) in [4.78, 5) is 22.7. The number of carbonyl (C=O) groups is 1. The molecule has 0 bridgehead atoms. The van der Waals surface area contributed by atoms with E-state index in [4.69, 9.17) is 4.74 Å². The van der Waals surface area contributed by atoms with Crippen LogP contribution in [0.2, 0.25) is 0 Å². The summed E-state index contributed by atoms with van der Waals surface area (Å²) in [5.41, 5.74) is 3.72. The third kappa shape index (κ3) is 4.86. The molecule has 1 aliphatic rings. The highest BCUT2D eigenvalue weighted by molar-refractivity contribution is 7.11. The first-order valence-corrected chi connectivity index (χ1v) is 13.3. The Morgan fingerprint density at radius 1 is 1.23 bits per heavy atom. The van der Waals surface area contributed by atoms with Gasteiger partial charge in [0, 0.05) is 44.0 Å². The van der Waals surface area contributed by atoms with Crippen LogP contribution in [0.1, 0.15) is 24.3 Å². The van der Waals surface area contributed by atoms with Crippen molar-refractivity contribution in [2.75, 3.05) is 18.4 Å². The summed E-state index contributed by atoms with van der Waals surface area (Å²) in [6.45, 7) is 4.89. The fourth-order valence-electron chi connectivity index (χ4n) is 4.88. The third-order valence-corrected chi connectivity index (χ3v) is 7.59. The molecule has 0 radical (unpaired) electrons. The number of amides is 1. The number of piperidine rings is 1. The largest absolute Gasteiger partial charge is 0.431 e. The summed E-state index contributed by atoms with van der Waals surface area (Å²) in [7, 11) is 1.84. The minimum Gasteiger partial charge on any atom is -0.431 e. The molecule has 5 heterocycles. The zero-order valence-electron chi connectivity index (χ0n) is 21.1. The van der Waals surface area contributed by atoms with Crippen LogP contribution in [0.5, 0.6) is 10.9 Å². The molecule has 6 rings (SSSR count). The molecule has 1 amide bonds. The van der Waals surface area contributed by atoms with E-state index in [-0.39, 0.29) is 17.5 Å². The van der Waals surface area contributed by atoms with E-state index in [0.717, 1.165) is 35.3 Å². The molecule has 1 N–H and O–H groups in total. The number of aryl methyl sites for hydroxylation is 1. The number of likely N-dealkylation sites (tertiary alicyclic amines) is 1. The molecule has 5 aromatic rings. The maximum absolute atomic E-state index is 15.2. The highest BCUT2D eigenvalue weighted by atomic mass is 32.1. The average Bonchev–Trinajstić information content (AvgIpc) is 3.70. The molecule has 198 valence electrons. The summed E-state index contributed by atoms with van der Waals surface area (Å²) in [5.74, 6) is 0.527. The fourth-order valence-corrected chi connectivity index (χ4v) is 5.56. The Hall–Kier alpha value is -4.58. The van der Waals surface area contributed by atoms with Gasteiger partial charge in [0.05, 0.1) is 11.4 Å². The van der Waals surface area contributed by atoms with E-state index in [1.807, 2.05) is 35.7 Å². The van der Waals surface area contributed by atoms with Crippen LogP contribution < -0.4 is 10.1 Å². The Bertz CT molecular complexity index is 1670. The van der Waals surface area contributed by atoms with Crippen molar-refractivity contribution in [2.45, 2.75) is 18.8 Å². The molecule has 1 aliphatic heterocycles. The number of anilines is 2. The minimum absolute atomic E-state index is 0.0486. The standard InChI is InChI=1S/C27H25FN8O2S/c1-3-24(37)35-11-7-17(8-12-35)19-9-13-36-25(19)26(29-16-31-36)32-21-5-4-18(14-20(21)28)38-27-33-22(15-39-27)23-6-10-30-34(23)2/h3-6,9-10,13-17H,1,7-8,11-12H2,2H3,(H,29,31,32). The van der Waals surface area contributed by atoms with E-state index in [9.17, 15) is 4.79 Å². The topological polar surface area (TPSA) is 102 Å². The number of nitrogens with zero attached hydrogens (tertiary/aromatic N) is 7. The normalized spacial score (nSPS) is 14.1. The lowest BCUT2D eigenvalue weighted by atomic mass is 9.90.